The summed E-state index contributed by atoms with van der Waals surface area (Å²) in [5, 5.41) is 5.49. The highest BCUT2D eigenvalue weighted by Gasteiger charge is 2.40. The summed E-state index contributed by atoms with van der Waals surface area (Å²) in [6.07, 6.45) is 0.380. The summed E-state index contributed by atoms with van der Waals surface area (Å²) >= 11 is 0. The van der Waals surface area contributed by atoms with Gasteiger partial charge in [0.2, 0.25) is 5.91 Å². The number of hydrogen-bond donors (Lipinski definition) is 2. The molecule has 0 spiro atoms. The molecule has 0 aliphatic carbocycles. The number of alkyl halides is 2. The molecular weight excluding hydrogens is 508 g/mol. The third-order valence-electron chi connectivity index (χ3n) is 7.38. The van der Waals surface area contributed by atoms with Gasteiger partial charge < -0.3 is 25.2 Å². The van der Waals surface area contributed by atoms with Gasteiger partial charge in [0.15, 0.2) is 5.82 Å². The van der Waals surface area contributed by atoms with E-state index in [1.165, 1.54) is 4.90 Å². The number of fused-ring (bicyclic) bond motifs is 1. The van der Waals surface area contributed by atoms with Crippen molar-refractivity contribution in [1.29, 1.82) is 0 Å². The summed E-state index contributed by atoms with van der Waals surface area (Å²) < 4.78 is 32.9. The molecule has 1 unspecified atom stereocenters. The SMILES string of the molecule is CCNC(=O)Nc1ccc(-c2nc3c(c(N4CCOCC4C)n2)CCN(CC(=O)N2CCC(F)(F)C2)C3)cc1. The molecular formula is C27H35F2N7O3. The normalized spacial score (nSPS) is 21.0. The van der Waals surface area contributed by atoms with Gasteiger partial charge in [0.1, 0.15) is 5.82 Å². The third-order valence-corrected chi connectivity index (χ3v) is 7.38. The van der Waals surface area contributed by atoms with Gasteiger partial charge in [-0.2, -0.15) is 0 Å². The van der Waals surface area contributed by atoms with Crippen molar-refractivity contribution < 1.29 is 23.1 Å². The van der Waals surface area contributed by atoms with Crippen LogP contribution in [0.25, 0.3) is 11.4 Å². The number of likely N-dealkylation sites (tertiary alicyclic amines) is 1. The summed E-state index contributed by atoms with van der Waals surface area (Å²) in [5.41, 5.74) is 3.35. The minimum Gasteiger partial charge on any atom is -0.377 e. The summed E-state index contributed by atoms with van der Waals surface area (Å²) in [7, 11) is 0. The van der Waals surface area contributed by atoms with Gasteiger partial charge in [0, 0.05) is 56.0 Å². The number of nitrogens with one attached hydrogen (secondary N) is 2. The highest BCUT2D eigenvalue weighted by molar-refractivity contribution is 5.89. The second kappa shape index (κ2) is 11.4. The molecule has 10 nitrogen and oxygen atoms in total. The maximum absolute atomic E-state index is 13.6. The Balaban J connectivity index is 1.40. The highest BCUT2D eigenvalue weighted by atomic mass is 19.3. The molecule has 1 atom stereocenters. The maximum atomic E-state index is 13.6. The second-order valence-corrected chi connectivity index (χ2v) is 10.4. The van der Waals surface area contributed by atoms with E-state index in [9.17, 15) is 18.4 Å². The van der Waals surface area contributed by atoms with E-state index in [-0.39, 0.29) is 37.5 Å². The average molecular weight is 544 g/mol. The van der Waals surface area contributed by atoms with Crippen molar-refractivity contribution in [2.75, 3.05) is 62.7 Å². The third kappa shape index (κ3) is 6.27. The molecule has 2 aromatic rings. The van der Waals surface area contributed by atoms with Crippen LogP contribution in [0.1, 0.15) is 31.5 Å². The van der Waals surface area contributed by atoms with Crippen LogP contribution in [-0.4, -0.2) is 96.2 Å². The Hall–Kier alpha value is -3.38. The minimum atomic E-state index is -2.80. The molecule has 0 radical (unpaired) electrons. The van der Waals surface area contributed by atoms with Gasteiger partial charge in [0.05, 0.1) is 38.0 Å². The van der Waals surface area contributed by atoms with Crippen LogP contribution in [0.4, 0.5) is 25.1 Å². The van der Waals surface area contributed by atoms with Gasteiger partial charge in [-0.1, -0.05) is 0 Å². The smallest absolute Gasteiger partial charge is 0.319 e. The Labute approximate surface area is 226 Å². The van der Waals surface area contributed by atoms with Crippen molar-refractivity contribution in [2.24, 2.45) is 0 Å². The van der Waals surface area contributed by atoms with Crippen LogP contribution >= 0.6 is 0 Å². The molecule has 4 heterocycles. The van der Waals surface area contributed by atoms with Crippen LogP contribution in [0.5, 0.6) is 0 Å². The topological polar surface area (TPSA) is 103 Å². The van der Waals surface area contributed by atoms with Gasteiger partial charge in [-0.25, -0.2) is 23.5 Å². The summed E-state index contributed by atoms with van der Waals surface area (Å²) in [6, 6.07) is 7.22. The van der Waals surface area contributed by atoms with E-state index >= 15 is 0 Å². The molecule has 1 aromatic heterocycles. The number of urea groups is 1. The predicted octanol–water partition coefficient (Wildman–Crippen LogP) is 2.74. The Kier molecular flexibility index (Phi) is 7.94. The van der Waals surface area contributed by atoms with E-state index in [1.807, 2.05) is 24.0 Å². The van der Waals surface area contributed by atoms with E-state index in [4.69, 9.17) is 14.7 Å². The highest BCUT2D eigenvalue weighted by Crippen LogP contribution is 2.32. The molecule has 2 fully saturated rings. The molecule has 210 valence electrons. The molecule has 2 saturated heterocycles. The molecule has 0 saturated carbocycles. The van der Waals surface area contributed by atoms with Crippen molar-refractivity contribution in [3.63, 3.8) is 0 Å². The van der Waals surface area contributed by atoms with Crippen molar-refractivity contribution in [3.8, 4) is 11.4 Å². The fraction of sp³-hybridized carbons (Fsp3) is 0.556. The van der Waals surface area contributed by atoms with Gasteiger partial charge >= 0.3 is 6.03 Å². The zero-order valence-electron chi connectivity index (χ0n) is 22.4. The predicted molar refractivity (Wildman–Crippen MR) is 143 cm³/mol. The molecule has 39 heavy (non-hydrogen) atoms. The number of hydrogen-bond acceptors (Lipinski definition) is 7. The second-order valence-electron chi connectivity index (χ2n) is 10.4. The summed E-state index contributed by atoms with van der Waals surface area (Å²) in [6.45, 7) is 7.14. The van der Waals surface area contributed by atoms with Gasteiger partial charge in [-0.05, 0) is 44.5 Å². The lowest BCUT2D eigenvalue weighted by Gasteiger charge is -2.38. The summed E-state index contributed by atoms with van der Waals surface area (Å²) in [5.74, 6) is -1.65. The van der Waals surface area contributed by atoms with Gasteiger partial charge in [0.25, 0.3) is 5.92 Å². The molecule has 5 rings (SSSR count). The Morgan fingerprint density at radius 2 is 1.95 bits per heavy atom. The number of halogens is 2. The number of amides is 3. The summed E-state index contributed by atoms with van der Waals surface area (Å²) in [4.78, 5) is 40.0. The zero-order valence-corrected chi connectivity index (χ0v) is 22.4. The number of morpholine rings is 1. The first-order valence-corrected chi connectivity index (χ1v) is 13.5. The molecule has 3 amide bonds. The van der Waals surface area contributed by atoms with Gasteiger partial charge in [-0.15, -0.1) is 0 Å². The number of nitrogens with zero attached hydrogens (tertiary/aromatic N) is 5. The van der Waals surface area contributed by atoms with Crippen molar-refractivity contribution in [3.05, 3.63) is 35.5 Å². The Bertz CT molecular complexity index is 1210. The van der Waals surface area contributed by atoms with Crippen LogP contribution in [0.2, 0.25) is 0 Å². The standard InChI is InChI=1S/C27H35F2N7O3/c1-3-30-26(38)31-20-6-4-19(5-7-20)24-32-22-14-34(15-23(37)35-11-9-27(28,29)17-35)10-8-21(22)25(33-24)36-12-13-39-16-18(36)2/h4-7,18H,3,8-17H2,1-2H3,(H2,30,31,38). The van der Waals surface area contributed by atoms with E-state index in [1.54, 1.807) is 12.1 Å². The Morgan fingerprint density at radius 1 is 1.15 bits per heavy atom. The monoisotopic (exact) mass is 543 g/mol. The molecule has 2 N–H and O–H groups in total. The molecule has 1 aromatic carbocycles. The van der Waals surface area contributed by atoms with Crippen molar-refractivity contribution in [2.45, 2.75) is 45.2 Å². The van der Waals surface area contributed by atoms with Crippen molar-refractivity contribution >= 4 is 23.4 Å². The first-order valence-electron chi connectivity index (χ1n) is 13.5. The lowest BCUT2D eigenvalue weighted by atomic mass is 10.0. The van der Waals surface area contributed by atoms with Gasteiger partial charge in [-0.3, -0.25) is 9.69 Å². The number of anilines is 2. The van der Waals surface area contributed by atoms with Crippen LogP contribution in [0, 0.1) is 0 Å². The molecule has 0 bridgehead atoms. The first kappa shape index (κ1) is 27.2. The Morgan fingerprint density at radius 3 is 2.64 bits per heavy atom. The number of carbonyl (C=O) groups is 2. The molecule has 3 aliphatic heterocycles. The maximum Gasteiger partial charge on any atom is 0.319 e. The quantitative estimate of drug-likeness (QED) is 0.578. The van der Waals surface area contributed by atoms with E-state index in [2.05, 4.69) is 22.5 Å². The van der Waals surface area contributed by atoms with Crippen LogP contribution in [0.15, 0.2) is 24.3 Å². The largest absolute Gasteiger partial charge is 0.377 e. The first-order chi connectivity index (χ1) is 18.7. The lowest BCUT2D eigenvalue weighted by molar-refractivity contribution is -0.133. The zero-order chi connectivity index (χ0) is 27.6. The minimum absolute atomic E-state index is 0.0817. The van der Waals surface area contributed by atoms with Crippen LogP contribution in [-0.2, 0) is 22.5 Å². The average Bonchev–Trinajstić information content (AvgIpc) is 3.28. The van der Waals surface area contributed by atoms with Crippen molar-refractivity contribution in [1.82, 2.24) is 25.1 Å². The fourth-order valence-electron chi connectivity index (χ4n) is 5.29. The lowest BCUT2D eigenvalue weighted by Crippen LogP contribution is -2.46. The number of aromatic nitrogens is 2. The fourth-order valence-corrected chi connectivity index (χ4v) is 5.29. The molecule has 3 aliphatic rings. The number of rotatable bonds is 6. The number of carbonyl (C=O) groups excluding carboxylic acids is 2. The van der Waals surface area contributed by atoms with E-state index < -0.39 is 12.5 Å². The van der Waals surface area contributed by atoms with Crippen LogP contribution < -0.4 is 15.5 Å². The van der Waals surface area contributed by atoms with E-state index in [0.717, 1.165) is 22.6 Å². The number of ether oxygens (including phenoxy) is 1. The van der Waals surface area contributed by atoms with E-state index in [0.29, 0.717) is 57.3 Å². The number of benzene rings is 1. The molecule has 12 heteroatoms. The van der Waals surface area contributed by atoms with Crippen LogP contribution in [0.3, 0.4) is 0 Å².